The van der Waals surface area contributed by atoms with E-state index in [-0.39, 0.29) is 17.4 Å². The number of amides is 1. The summed E-state index contributed by atoms with van der Waals surface area (Å²) in [7, 11) is -3.33. The molecule has 6 heteroatoms. The van der Waals surface area contributed by atoms with Gasteiger partial charge in [0.15, 0.2) is 14.9 Å². The first kappa shape index (κ1) is 14.6. The summed E-state index contributed by atoms with van der Waals surface area (Å²) in [6.45, 7) is 3.23. The Labute approximate surface area is 107 Å². The molecule has 18 heavy (non-hydrogen) atoms. The minimum absolute atomic E-state index is 0.0737. The van der Waals surface area contributed by atoms with Crippen molar-refractivity contribution < 1.29 is 13.2 Å². The maximum atomic E-state index is 11.8. The number of pyridine rings is 1. The Morgan fingerprint density at radius 2 is 2.11 bits per heavy atom. The van der Waals surface area contributed by atoms with Crippen molar-refractivity contribution in [1.82, 2.24) is 4.98 Å². The Morgan fingerprint density at radius 3 is 2.56 bits per heavy atom. The van der Waals surface area contributed by atoms with Gasteiger partial charge in [0.05, 0.1) is 5.25 Å². The Morgan fingerprint density at radius 1 is 1.44 bits per heavy atom. The van der Waals surface area contributed by atoms with Crippen molar-refractivity contribution in [3.05, 3.63) is 30.3 Å². The van der Waals surface area contributed by atoms with Crippen LogP contribution in [0.2, 0.25) is 0 Å². The number of carbonyl (C=O) groups is 1. The van der Waals surface area contributed by atoms with Gasteiger partial charge in [-0.15, -0.1) is 0 Å². The molecule has 0 aliphatic rings. The lowest BCUT2D eigenvalue weighted by Crippen LogP contribution is -2.15. The lowest BCUT2D eigenvalue weighted by atomic mass is 10.1. The van der Waals surface area contributed by atoms with Crippen LogP contribution in [-0.2, 0) is 14.6 Å². The van der Waals surface area contributed by atoms with Crippen LogP contribution in [0.25, 0.3) is 0 Å². The number of sulfone groups is 1. The third kappa shape index (κ3) is 3.80. The standard InChI is InChI=1S/C12H17N2O3S/c1-9(2)18(16,17)12-7-6-10(8-14-12)4-3-5-11(13)15/h4,6-9H,3,5H2,1-2H3,(H2,13,15). The van der Waals surface area contributed by atoms with Crippen molar-refractivity contribution in [3.8, 4) is 0 Å². The topological polar surface area (TPSA) is 90.1 Å². The van der Waals surface area contributed by atoms with E-state index in [9.17, 15) is 13.2 Å². The molecular weight excluding hydrogens is 252 g/mol. The van der Waals surface area contributed by atoms with E-state index >= 15 is 0 Å². The fraction of sp³-hybridized carbons (Fsp3) is 0.417. The van der Waals surface area contributed by atoms with Crippen molar-refractivity contribution in [2.75, 3.05) is 0 Å². The molecule has 0 aliphatic heterocycles. The van der Waals surface area contributed by atoms with E-state index in [0.29, 0.717) is 6.42 Å². The molecule has 1 aromatic rings. The summed E-state index contributed by atoms with van der Waals surface area (Å²) in [6.07, 6.45) is 4.07. The summed E-state index contributed by atoms with van der Waals surface area (Å²) < 4.78 is 23.6. The van der Waals surface area contributed by atoms with Gasteiger partial charge in [-0.1, -0.05) is 6.07 Å². The fourth-order valence-corrected chi connectivity index (χ4v) is 2.24. The second-order valence-corrected chi connectivity index (χ2v) is 6.68. The molecule has 1 aromatic heterocycles. The van der Waals surface area contributed by atoms with Gasteiger partial charge in [0.1, 0.15) is 0 Å². The average Bonchev–Trinajstić information content (AvgIpc) is 2.29. The van der Waals surface area contributed by atoms with Crippen molar-refractivity contribution in [2.45, 2.75) is 37.0 Å². The molecule has 99 valence electrons. The molecular formula is C12H17N2O3S. The van der Waals surface area contributed by atoms with Gasteiger partial charge in [0.25, 0.3) is 0 Å². The van der Waals surface area contributed by atoms with Gasteiger partial charge >= 0.3 is 0 Å². The van der Waals surface area contributed by atoms with Crippen LogP contribution in [0.3, 0.4) is 0 Å². The molecule has 0 aromatic carbocycles. The fourth-order valence-electron chi connectivity index (χ4n) is 1.30. The summed E-state index contributed by atoms with van der Waals surface area (Å²) >= 11 is 0. The van der Waals surface area contributed by atoms with Crippen molar-refractivity contribution >= 4 is 15.7 Å². The molecule has 0 spiro atoms. The number of carbonyl (C=O) groups excluding carboxylic acids is 1. The van der Waals surface area contributed by atoms with E-state index < -0.39 is 15.1 Å². The van der Waals surface area contributed by atoms with Crippen LogP contribution in [0, 0.1) is 6.42 Å². The van der Waals surface area contributed by atoms with Crippen molar-refractivity contribution in [2.24, 2.45) is 5.73 Å². The first-order chi connectivity index (χ1) is 8.34. The average molecular weight is 269 g/mol. The van der Waals surface area contributed by atoms with Crippen molar-refractivity contribution in [3.63, 3.8) is 0 Å². The number of hydrogen-bond acceptors (Lipinski definition) is 4. The third-order valence-corrected chi connectivity index (χ3v) is 4.51. The second-order valence-electron chi connectivity index (χ2n) is 4.23. The molecule has 5 nitrogen and oxygen atoms in total. The molecule has 1 radical (unpaired) electrons. The predicted octanol–water partition coefficient (Wildman–Crippen LogP) is 1.08. The number of nitrogens with zero attached hydrogens (tertiary/aromatic N) is 1. The van der Waals surface area contributed by atoms with Crippen LogP contribution in [-0.4, -0.2) is 24.6 Å². The Balaban J connectivity index is 2.72. The number of rotatable bonds is 6. The Kier molecular flexibility index (Phi) is 4.84. The molecule has 0 fully saturated rings. The van der Waals surface area contributed by atoms with E-state index in [4.69, 9.17) is 5.73 Å². The zero-order valence-electron chi connectivity index (χ0n) is 10.5. The smallest absolute Gasteiger partial charge is 0.217 e. The van der Waals surface area contributed by atoms with Crippen molar-refractivity contribution in [1.29, 1.82) is 0 Å². The van der Waals surface area contributed by atoms with Gasteiger partial charge in [0.2, 0.25) is 5.91 Å². The quantitative estimate of drug-likeness (QED) is 0.836. The molecule has 0 saturated heterocycles. The zero-order chi connectivity index (χ0) is 13.8. The Hall–Kier alpha value is -1.43. The number of primary amides is 1. The number of aromatic nitrogens is 1. The maximum Gasteiger partial charge on any atom is 0.217 e. The van der Waals surface area contributed by atoms with Crippen LogP contribution in [0.4, 0.5) is 0 Å². The van der Waals surface area contributed by atoms with E-state index in [1.807, 2.05) is 0 Å². The minimum Gasteiger partial charge on any atom is -0.370 e. The molecule has 1 heterocycles. The highest BCUT2D eigenvalue weighted by Gasteiger charge is 2.20. The lowest BCUT2D eigenvalue weighted by Gasteiger charge is -2.07. The van der Waals surface area contributed by atoms with Crippen LogP contribution < -0.4 is 5.73 Å². The van der Waals surface area contributed by atoms with Crippen LogP contribution in [0.1, 0.15) is 32.3 Å². The highest BCUT2D eigenvalue weighted by Crippen LogP contribution is 2.15. The van der Waals surface area contributed by atoms with Crippen LogP contribution in [0.15, 0.2) is 23.4 Å². The lowest BCUT2D eigenvalue weighted by molar-refractivity contribution is -0.117. The van der Waals surface area contributed by atoms with Gasteiger partial charge in [-0.05, 0) is 38.3 Å². The second kappa shape index (κ2) is 5.95. The van der Waals surface area contributed by atoms with Crippen LogP contribution in [0.5, 0.6) is 0 Å². The Bertz CT molecular complexity index is 507. The van der Waals surface area contributed by atoms with Gasteiger partial charge in [0, 0.05) is 12.6 Å². The number of nitrogens with two attached hydrogens (primary N) is 1. The largest absolute Gasteiger partial charge is 0.370 e. The third-order valence-electron chi connectivity index (χ3n) is 2.44. The molecule has 1 amide bonds. The summed E-state index contributed by atoms with van der Waals surface area (Å²) in [5.41, 5.74) is 5.79. The first-order valence-electron chi connectivity index (χ1n) is 5.65. The van der Waals surface area contributed by atoms with E-state index in [0.717, 1.165) is 5.56 Å². The predicted molar refractivity (Wildman–Crippen MR) is 68.4 cm³/mol. The molecule has 0 bridgehead atoms. The molecule has 0 unspecified atom stereocenters. The van der Waals surface area contributed by atoms with E-state index in [2.05, 4.69) is 4.98 Å². The highest BCUT2D eigenvalue weighted by atomic mass is 32.2. The zero-order valence-corrected chi connectivity index (χ0v) is 11.3. The first-order valence-corrected chi connectivity index (χ1v) is 7.20. The maximum absolute atomic E-state index is 11.8. The molecule has 0 atom stereocenters. The van der Waals surface area contributed by atoms with Gasteiger partial charge in [-0.25, -0.2) is 13.4 Å². The molecule has 0 saturated carbocycles. The number of hydrogen-bond donors (Lipinski definition) is 1. The van der Waals surface area contributed by atoms with Gasteiger partial charge < -0.3 is 5.73 Å². The minimum atomic E-state index is -3.33. The molecule has 2 N–H and O–H groups in total. The SMILES string of the molecule is CC(C)S(=O)(=O)c1ccc([CH]CCC(N)=O)cn1. The van der Waals surface area contributed by atoms with Gasteiger partial charge in [-0.3, -0.25) is 4.79 Å². The van der Waals surface area contributed by atoms with Crippen LogP contribution >= 0.6 is 0 Å². The molecule has 1 rings (SSSR count). The summed E-state index contributed by atoms with van der Waals surface area (Å²) in [6, 6.07) is 3.15. The van der Waals surface area contributed by atoms with E-state index in [1.54, 1.807) is 26.3 Å². The highest BCUT2D eigenvalue weighted by molar-refractivity contribution is 7.91. The monoisotopic (exact) mass is 269 g/mol. The van der Waals surface area contributed by atoms with Gasteiger partial charge in [-0.2, -0.15) is 0 Å². The summed E-state index contributed by atoms with van der Waals surface area (Å²) in [5.74, 6) is -0.363. The normalized spacial score (nSPS) is 11.7. The van der Waals surface area contributed by atoms with E-state index in [1.165, 1.54) is 12.3 Å². The summed E-state index contributed by atoms with van der Waals surface area (Å²) in [4.78, 5) is 14.5. The summed E-state index contributed by atoms with van der Waals surface area (Å²) in [5, 5.41) is -0.417. The molecule has 0 aliphatic carbocycles.